The van der Waals surface area contributed by atoms with Crippen LogP contribution in [0.2, 0.25) is 0 Å². The number of quaternary nitrogens is 1. The molecule has 0 saturated heterocycles. The van der Waals surface area contributed by atoms with E-state index in [9.17, 15) is 19.5 Å². The Hall–Kier alpha value is -4.68. The molecule has 1 aliphatic carbocycles. The number of aryl methyl sites for hydroxylation is 1. The number of rotatable bonds is 5. The first-order valence-electron chi connectivity index (χ1n) is 15.5. The van der Waals surface area contributed by atoms with Crippen molar-refractivity contribution in [2.24, 2.45) is 0 Å². The standard InChI is InChI=1S/C39H38N2O4/c1-38(2,3)28-18-22(19-29(37(28)45)39(4,5)6)14-17-32(42)40-31-13-9-12-23-15-16-30(41-34(23)31)33-35(43)26-20-24-10-7-8-11-25(24)21-27(26)36(33)44/h7-13,15-16,18-21,33,45H,14,17H2,1-6H3,(H,40,42)/p+1. The van der Waals surface area contributed by atoms with Crippen molar-refractivity contribution in [3.05, 3.63) is 112 Å². The van der Waals surface area contributed by atoms with Gasteiger partial charge in [0, 0.05) is 22.6 Å². The van der Waals surface area contributed by atoms with Crippen LogP contribution in [0.4, 0.5) is 5.69 Å². The van der Waals surface area contributed by atoms with Crippen molar-refractivity contribution in [1.82, 2.24) is 4.98 Å². The number of aromatic nitrogens is 1. The number of primary amides is 1. The fraction of sp³-hybridized carbons (Fsp3) is 0.282. The zero-order valence-electron chi connectivity index (χ0n) is 26.7. The third-order valence-electron chi connectivity index (χ3n) is 8.77. The largest absolute Gasteiger partial charge is 0.507 e. The maximum atomic E-state index is 13.5. The van der Waals surface area contributed by atoms with Gasteiger partial charge in [-0.25, -0.2) is 15.1 Å². The molecule has 5 aromatic rings. The number of phenols is 1. The molecule has 45 heavy (non-hydrogen) atoms. The second kappa shape index (κ2) is 11.0. The molecule has 228 valence electrons. The van der Waals surface area contributed by atoms with Crippen LogP contribution in [0.1, 0.15) is 97.0 Å². The van der Waals surface area contributed by atoms with Crippen molar-refractivity contribution in [3.8, 4) is 5.75 Å². The van der Waals surface area contributed by atoms with E-state index in [1.807, 2.05) is 60.7 Å². The fourth-order valence-corrected chi connectivity index (χ4v) is 6.30. The minimum absolute atomic E-state index is 0.0514. The Kier molecular flexibility index (Phi) is 7.45. The van der Waals surface area contributed by atoms with E-state index >= 15 is 0 Å². The van der Waals surface area contributed by atoms with Crippen molar-refractivity contribution in [2.75, 3.05) is 0 Å². The highest BCUT2D eigenvalue weighted by atomic mass is 16.3. The lowest BCUT2D eigenvalue weighted by Crippen LogP contribution is -2.82. The summed E-state index contributed by atoms with van der Waals surface area (Å²) in [5.41, 5.74) is 4.73. The number of phenolic OH excluding ortho intramolecular Hbond substituents is 1. The van der Waals surface area contributed by atoms with Gasteiger partial charge in [-0.3, -0.25) is 9.59 Å². The number of carbonyl (C=O) groups is 3. The van der Waals surface area contributed by atoms with E-state index in [1.165, 1.54) is 0 Å². The van der Waals surface area contributed by atoms with Crippen molar-refractivity contribution in [3.63, 3.8) is 0 Å². The molecule has 0 unspecified atom stereocenters. The number of hydrogen-bond acceptors (Lipinski definition) is 5. The van der Waals surface area contributed by atoms with Gasteiger partial charge in [0.25, 0.3) is 0 Å². The van der Waals surface area contributed by atoms with Gasteiger partial charge in [-0.15, -0.1) is 0 Å². The number of nitrogens with zero attached hydrogens (tertiary/aromatic N) is 1. The third kappa shape index (κ3) is 5.67. The lowest BCUT2D eigenvalue weighted by molar-refractivity contribution is -0.482. The number of Topliss-reactive ketones (excluding diaryl/α,β-unsaturated/α-hetero) is 2. The summed E-state index contributed by atoms with van der Waals surface area (Å²) in [6.07, 6.45) is 0.819. The zero-order valence-corrected chi connectivity index (χ0v) is 26.7. The van der Waals surface area contributed by atoms with Crippen molar-refractivity contribution in [1.29, 1.82) is 0 Å². The first-order chi connectivity index (χ1) is 21.2. The SMILES string of the molecule is CC(C)(C)c1cc(CCC(=O)[NH2+]c2cccc3ccc(C4C(=O)c5cc6ccccc6cc5C4=O)nc23)cc(C(C)(C)C)c1O. The number of nitrogens with two attached hydrogens (primary N) is 1. The van der Waals surface area contributed by atoms with Crippen LogP contribution in [-0.2, 0) is 22.0 Å². The summed E-state index contributed by atoms with van der Waals surface area (Å²) in [7, 11) is 0. The molecule has 1 amide bonds. The summed E-state index contributed by atoms with van der Waals surface area (Å²) in [4.78, 5) is 45.2. The first kappa shape index (κ1) is 30.4. The maximum Gasteiger partial charge on any atom is 0.315 e. The van der Waals surface area contributed by atoms with E-state index in [-0.39, 0.29) is 34.7 Å². The van der Waals surface area contributed by atoms with Crippen molar-refractivity contribution in [2.45, 2.75) is 71.1 Å². The molecule has 6 heteroatoms. The second-order valence-corrected chi connectivity index (χ2v) is 14.2. The number of hydrogen-bond donors (Lipinski definition) is 2. The van der Waals surface area contributed by atoms with Crippen LogP contribution in [0.3, 0.4) is 0 Å². The van der Waals surface area contributed by atoms with Gasteiger partial charge < -0.3 is 5.11 Å². The zero-order chi connectivity index (χ0) is 32.3. The number of pyridine rings is 1. The minimum Gasteiger partial charge on any atom is -0.507 e. The average molecular weight is 600 g/mol. The lowest BCUT2D eigenvalue weighted by atomic mass is 9.78. The summed E-state index contributed by atoms with van der Waals surface area (Å²) >= 11 is 0. The molecule has 1 heterocycles. The number of benzene rings is 4. The molecule has 4 aromatic carbocycles. The molecule has 0 aliphatic heterocycles. The highest BCUT2D eigenvalue weighted by Gasteiger charge is 2.41. The normalized spacial score (nSPS) is 14.0. The molecule has 1 aromatic heterocycles. The number of ketones is 2. The Morgan fingerprint density at radius 2 is 1.31 bits per heavy atom. The molecular formula is C39H39N2O4+. The van der Waals surface area contributed by atoms with Crippen molar-refractivity contribution >= 4 is 44.8 Å². The Bertz CT molecular complexity index is 1940. The molecule has 0 spiro atoms. The molecule has 0 atom stereocenters. The van der Waals surface area contributed by atoms with Gasteiger partial charge in [0.05, 0.1) is 12.1 Å². The van der Waals surface area contributed by atoms with E-state index in [0.717, 1.165) is 32.8 Å². The highest BCUT2D eigenvalue weighted by molar-refractivity contribution is 6.30. The van der Waals surface area contributed by atoms with Gasteiger partial charge in [-0.1, -0.05) is 96.1 Å². The Labute approximate surface area is 263 Å². The number of amides is 1. The Morgan fingerprint density at radius 1 is 0.756 bits per heavy atom. The third-order valence-corrected chi connectivity index (χ3v) is 8.77. The average Bonchev–Trinajstić information content (AvgIpc) is 3.22. The van der Waals surface area contributed by atoms with Gasteiger partial charge >= 0.3 is 5.91 Å². The fourth-order valence-electron chi connectivity index (χ4n) is 6.30. The first-order valence-corrected chi connectivity index (χ1v) is 15.5. The Balaban J connectivity index is 1.26. The van der Waals surface area contributed by atoms with E-state index in [4.69, 9.17) is 4.98 Å². The van der Waals surface area contributed by atoms with Gasteiger partial charge in [0.15, 0.2) is 17.3 Å². The van der Waals surface area contributed by atoms with Crippen LogP contribution in [0.15, 0.2) is 78.9 Å². The van der Waals surface area contributed by atoms with Crippen LogP contribution >= 0.6 is 0 Å². The maximum absolute atomic E-state index is 13.5. The summed E-state index contributed by atoms with van der Waals surface area (Å²) in [6, 6.07) is 24.5. The molecule has 6 nitrogen and oxygen atoms in total. The Morgan fingerprint density at radius 3 is 1.87 bits per heavy atom. The second-order valence-electron chi connectivity index (χ2n) is 14.2. The monoisotopic (exact) mass is 599 g/mol. The van der Waals surface area contributed by atoms with Crippen LogP contribution in [-0.4, -0.2) is 27.6 Å². The molecule has 1 aliphatic rings. The predicted octanol–water partition coefficient (Wildman–Crippen LogP) is 7.21. The van der Waals surface area contributed by atoms with Crippen molar-refractivity contribution < 1.29 is 24.8 Å². The topological polar surface area (TPSA) is 101 Å². The molecule has 0 radical (unpaired) electrons. The van der Waals surface area contributed by atoms with E-state index in [1.54, 1.807) is 23.5 Å². The quantitative estimate of drug-likeness (QED) is 0.164. The molecule has 0 bridgehead atoms. The van der Waals surface area contributed by atoms with Crippen LogP contribution < -0.4 is 5.32 Å². The summed E-state index contributed by atoms with van der Waals surface area (Å²) in [5.74, 6) is -1.23. The van der Waals surface area contributed by atoms with Gasteiger partial charge in [0.2, 0.25) is 0 Å². The smallest absolute Gasteiger partial charge is 0.315 e. The minimum atomic E-state index is -1.01. The van der Waals surface area contributed by atoms with Gasteiger partial charge in [-0.2, -0.15) is 0 Å². The summed E-state index contributed by atoms with van der Waals surface area (Å²) in [6.45, 7) is 12.5. The predicted molar refractivity (Wildman–Crippen MR) is 178 cm³/mol. The number of carbonyl (C=O) groups excluding carboxylic acids is 3. The number of para-hydroxylation sites is 1. The summed E-state index contributed by atoms with van der Waals surface area (Å²) in [5, 5.41) is 15.3. The van der Waals surface area contributed by atoms with Crippen LogP contribution in [0.25, 0.3) is 21.7 Å². The lowest BCUT2D eigenvalue weighted by Gasteiger charge is -2.28. The van der Waals surface area contributed by atoms with Crippen LogP contribution in [0.5, 0.6) is 5.75 Å². The van der Waals surface area contributed by atoms with Gasteiger partial charge in [-0.05, 0) is 62.9 Å². The van der Waals surface area contributed by atoms with E-state index < -0.39 is 5.92 Å². The molecule has 6 rings (SSSR count). The molecular weight excluding hydrogens is 560 g/mol. The molecule has 0 fully saturated rings. The number of aromatic hydroxyl groups is 1. The van der Waals surface area contributed by atoms with Gasteiger partial charge in [0.1, 0.15) is 17.2 Å². The molecule has 3 N–H and O–H groups in total. The highest BCUT2D eigenvalue weighted by Crippen LogP contribution is 2.40. The van der Waals surface area contributed by atoms with Crippen LogP contribution in [0, 0.1) is 0 Å². The van der Waals surface area contributed by atoms with E-state index in [2.05, 4.69) is 41.5 Å². The molecule has 0 saturated carbocycles. The number of fused-ring (bicyclic) bond motifs is 3. The van der Waals surface area contributed by atoms with E-state index in [0.29, 0.717) is 40.2 Å². The summed E-state index contributed by atoms with van der Waals surface area (Å²) < 4.78 is 0.